The smallest absolute Gasteiger partial charge is 0.112 e. The lowest BCUT2D eigenvalue weighted by Gasteiger charge is -2.06. The van der Waals surface area contributed by atoms with Crippen LogP contribution in [0.3, 0.4) is 0 Å². The Morgan fingerprint density at radius 1 is 1.38 bits per heavy atom. The van der Waals surface area contributed by atoms with Gasteiger partial charge in [-0.3, -0.25) is 4.98 Å². The Morgan fingerprint density at radius 2 is 2.12 bits per heavy atom. The Labute approximate surface area is 166 Å². The molecule has 3 aromatic rings. The number of fused-ring (bicyclic) bond motifs is 1. The lowest BCUT2D eigenvalue weighted by Crippen LogP contribution is -2.17. The van der Waals surface area contributed by atoms with Crippen molar-refractivity contribution >= 4 is 75.0 Å². The van der Waals surface area contributed by atoms with Crippen LogP contribution in [-0.4, -0.2) is 16.0 Å². The van der Waals surface area contributed by atoms with Crippen LogP contribution in [0, 0.1) is 6.92 Å². The van der Waals surface area contributed by atoms with Crippen LogP contribution in [0.15, 0.2) is 17.6 Å². The third-order valence-corrected chi connectivity index (χ3v) is 5.73. The number of halogens is 3. The van der Waals surface area contributed by atoms with Crippen LogP contribution < -0.4 is 11.1 Å². The number of aryl methyl sites for hydroxylation is 1. The number of thiophene rings is 1. The molecule has 3 heterocycles. The van der Waals surface area contributed by atoms with Gasteiger partial charge >= 0.3 is 0 Å². The van der Waals surface area contributed by atoms with Crippen LogP contribution in [0.1, 0.15) is 22.5 Å². The molecule has 9 heteroatoms. The van der Waals surface area contributed by atoms with E-state index in [4.69, 9.17) is 17.3 Å². The molecule has 0 amide bonds. The molecule has 0 saturated heterocycles. The van der Waals surface area contributed by atoms with Gasteiger partial charge in [0.05, 0.1) is 22.0 Å². The summed E-state index contributed by atoms with van der Waals surface area (Å²) in [5, 5.41) is 7.22. The highest BCUT2D eigenvalue weighted by molar-refractivity contribution is 7.20. The summed E-state index contributed by atoms with van der Waals surface area (Å²) < 4.78 is 1.09. The van der Waals surface area contributed by atoms with E-state index in [0.29, 0.717) is 6.54 Å². The molecule has 4 nitrogen and oxygen atoms in total. The Balaban J connectivity index is 0.00000144. The lowest BCUT2D eigenvalue weighted by atomic mass is 10.2. The van der Waals surface area contributed by atoms with Gasteiger partial charge in [0.25, 0.3) is 0 Å². The van der Waals surface area contributed by atoms with Crippen LogP contribution in [0.4, 0.5) is 5.69 Å². The van der Waals surface area contributed by atoms with Gasteiger partial charge < -0.3 is 11.1 Å². The van der Waals surface area contributed by atoms with Crippen LogP contribution in [0.2, 0.25) is 5.02 Å². The molecule has 0 radical (unpaired) electrons. The van der Waals surface area contributed by atoms with E-state index >= 15 is 0 Å². The number of rotatable bonds is 5. The van der Waals surface area contributed by atoms with Gasteiger partial charge in [0, 0.05) is 28.2 Å². The molecule has 0 fully saturated rings. The average molecular weight is 426 g/mol. The van der Waals surface area contributed by atoms with Crippen molar-refractivity contribution in [2.24, 2.45) is 5.73 Å². The molecule has 3 aromatic heterocycles. The first-order chi connectivity index (χ1) is 10.5. The van der Waals surface area contributed by atoms with Crippen molar-refractivity contribution in [1.82, 2.24) is 9.97 Å². The Morgan fingerprint density at radius 3 is 2.75 bits per heavy atom. The second kappa shape index (κ2) is 9.17. The highest BCUT2D eigenvalue weighted by Gasteiger charge is 2.16. The fourth-order valence-corrected chi connectivity index (χ4v) is 4.49. The highest BCUT2D eigenvalue weighted by atomic mass is 35.5. The summed E-state index contributed by atoms with van der Waals surface area (Å²) in [4.78, 5) is 9.99. The third-order valence-electron chi connectivity index (χ3n) is 3.20. The molecule has 132 valence electrons. The molecule has 0 aliphatic heterocycles. The molecule has 0 aromatic carbocycles. The van der Waals surface area contributed by atoms with Crippen molar-refractivity contribution < 1.29 is 0 Å². The lowest BCUT2D eigenvalue weighted by molar-refractivity contribution is 0.747. The number of thiazole rings is 1. The van der Waals surface area contributed by atoms with Gasteiger partial charge in [-0.05, 0) is 26.3 Å². The third kappa shape index (κ3) is 4.71. The molecule has 0 aliphatic carbocycles. The summed E-state index contributed by atoms with van der Waals surface area (Å²) in [6, 6.07) is 2.14. The first kappa shape index (κ1) is 21.4. The van der Waals surface area contributed by atoms with Crippen LogP contribution in [0.25, 0.3) is 10.2 Å². The van der Waals surface area contributed by atoms with E-state index in [0.717, 1.165) is 42.9 Å². The number of aromatic nitrogens is 2. The van der Waals surface area contributed by atoms with Gasteiger partial charge in [-0.15, -0.1) is 47.5 Å². The first-order valence-corrected chi connectivity index (χ1v) is 9.08. The monoisotopic (exact) mass is 424 g/mol. The fourth-order valence-electron chi connectivity index (χ4n) is 2.28. The van der Waals surface area contributed by atoms with Crippen LogP contribution in [-0.2, 0) is 13.0 Å². The van der Waals surface area contributed by atoms with Crippen LogP contribution >= 0.6 is 59.1 Å². The second-order valence-corrected chi connectivity index (χ2v) is 7.75. The Kier molecular flexibility index (Phi) is 8.19. The number of nitrogens with zero attached hydrogens (tertiary/aromatic N) is 2. The largest absolute Gasteiger partial charge is 0.377 e. The molecule has 1 atom stereocenters. The summed E-state index contributed by atoms with van der Waals surface area (Å²) in [6.45, 7) is 4.67. The van der Waals surface area contributed by atoms with Crippen LogP contribution in [0.5, 0.6) is 0 Å². The maximum atomic E-state index is 6.50. The van der Waals surface area contributed by atoms with E-state index in [9.17, 15) is 0 Å². The van der Waals surface area contributed by atoms with Gasteiger partial charge in [0.15, 0.2) is 0 Å². The summed E-state index contributed by atoms with van der Waals surface area (Å²) >= 11 is 9.81. The van der Waals surface area contributed by atoms with E-state index < -0.39 is 0 Å². The topological polar surface area (TPSA) is 63.8 Å². The molecular formula is C15H19Cl3N4S2. The predicted octanol–water partition coefficient (Wildman–Crippen LogP) is 5.06. The Bertz CT molecular complexity index is 788. The van der Waals surface area contributed by atoms with E-state index in [1.165, 1.54) is 0 Å². The minimum absolute atomic E-state index is 0. The number of hydrogen-bond donors (Lipinski definition) is 2. The zero-order chi connectivity index (χ0) is 15.7. The van der Waals surface area contributed by atoms with Crippen molar-refractivity contribution in [3.8, 4) is 0 Å². The van der Waals surface area contributed by atoms with Crippen molar-refractivity contribution in [3.63, 3.8) is 0 Å². The van der Waals surface area contributed by atoms with E-state index in [1.807, 2.05) is 25.4 Å². The number of hydrogen-bond acceptors (Lipinski definition) is 6. The van der Waals surface area contributed by atoms with Gasteiger partial charge in [0.1, 0.15) is 10.5 Å². The van der Waals surface area contributed by atoms with E-state index in [1.54, 1.807) is 22.7 Å². The average Bonchev–Trinajstić information content (AvgIpc) is 3.07. The molecule has 0 aliphatic rings. The molecule has 3 rings (SSSR count). The minimum atomic E-state index is 0. The Hall–Kier alpha value is -0.630. The fraction of sp³-hybridized carbons (Fsp3) is 0.333. The second-order valence-electron chi connectivity index (χ2n) is 5.29. The summed E-state index contributed by atoms with van der Waals surface area (Å²) in [6.07, 6.45) is 2.59. The predicted molar refractivity (Wildman–Crippen MR) is 111 cm³/mol. The normalized spacial score (nSPS) is 11.7. The molecule has 0 spiro atoms. The van der Waals surface area contributed by atoms with E-state index in [-0.39, 0.29) is 30.9 Å². The minimum Gasteiger partial charge on any atom is -0.377 e. The molecule has 0 saturated carbocycles. The molecule has 3 N–H and O–H groups in total. The number of nitrogens with one attached hydrogen (secondary N) is 1. The van der Waals surface area contributed by atoms with Gasteiger partial charge in [-0.1, -0.05) is 11.6 Å². The van der Waals surface area contributed by atoms with Gasteiger partial charge in [0.2, 0.25) is 0 Å². The van der Waals surface area contributed by atoms with Crippen molar-refractivity contribution in [1.29, 1.82) is 0 Å². The number of anilines is 1. The zero-order valence-electron chi connectivity index (χ0n) is 13.2. The molecule has 24 heavy (non-hydrogen) atoms. The summed E-state index contributed by atoms with van der Waals surface area (Å²) in [5.74, 6) is 0. The maximum absolute atomic E-state index is 6.50. The zero-order valence-corrected chi connectivity index (χ0v) is 17.2. The maximum Gasteiger partial charge on any atom is 0.112 e. The molecule has 0 unspecified atom stereocenters. The summed E-state index contributed by atoms with van der Waals surface area (Å²) in [5.41, 5.74) is 8.78. The number of pyridine rings is 1. The quantitative estimate of drug-likeness (QED) is 0.599. The first-order valence-electron chi connectivity index (χ1n) is 7.01. The number of nitrogens with two attached hydrogens (primary N) is 1. The van der Waals surface area contributed by atoms with Crippen molar-refractivity contribution in [2.75, 3.05) is 5.32 Å². The standard InChI is InChI=1S/C15H17ClN4S2.2ClH/c1-8(17)5-11-13(16)14-15(22-11)10(6-9(2)20-14)19-7-12-18-3-4-21-12;;/h3-4,6,8H,5,7,17H2,1-2H3,(H,19,20);2*1H/t8-;;/m0../s1. The van der Waals surface area contributed by atoms with Gasteiger partial charge in [-0.2, -0.15) is 0 Å². The van der Waals surface area contributed by atoms with Crippen molar-refractivity contribution in [2.45, 2.75) is 32.9 Å². The van der Waals surface area contributed by atoms with Gasteiger partial charge in [-0.25, -0.2) is 4.98 Å². The highest BCUT2D eigenvalue weighted by Crippen LogP contribution is 2.39. The molecule has 0 bridgehead atoms. The SMILES string of the molecule is Cc1cc(NCc2nccs2)c2sc(C[C@H](C)N)c(Cl)c2n1.Cl.Cl. The van der Waals surface area contributed by atoms with E-state index in [2.05, 4.69) is 21.4 Å². The summed E-state index contributed by atoms with van der Waals surface area (Å²) in [7, 11) is 0. The molecular weight excluding hydrogens is 407 g/mol. The van der Waals surface area contributed by atoms with Crippen molar-refractivity contribution in [3.05, 3.63) is 38.2 Å².